The average Bonchev–Trinajstić information content (AvgIpc) is 3.17. The minimum atomic E-state index is 0.770. The second-order valence-corrected chi connectivity index (χ2v) is 6.68. The van der Waals surface area contributed by atoms with Gasteiger partial charge < -0.3 is 10.6 Å². The van der Waals surface area contributed by atoms with Crippen LogP contribution in [0.15, 0.2) is 97.3 Å². The van der Waals surface area contributed by atoms with Crippen molar-refractivity contribution >= 4 is 10.9 Å². The third-order valence-corrected chi connectivity index (χ3v) is 4.82. The van der Waals surface area contributed by atoms with E-state index in [1.807, 2.05) is 91.1 Å². The smallest absolute Gasteiger partial charge is 0.127 e. The minimum Gasteiger partial charge on any atom is -0.457 e. The number of nitrogens with two attached hydrogens (primary N) is 1. The number of para-hydroxylation sites is 1. The van der Waals surface area contributed by atoms with Crippen molar-refractivity contribution in [1.29, 1.82) is 0 Å². The van der Waals surface area contributed by atoms with E-state index < -0.39 is 0 Å². The lowest BCUT2D eigenvalue weighted by atomic mass is 10.0. The molecule has 29 heavy (non-hydrogen) atoms. The van der Waals surface area contributed by atoms with Gasteiger partial charge in [0.15, 0.2) is 0 Å². The van der Waals surface area contributed by atoms with Crippen LogP contribution in [0, 0.1) is 0 Å². The monoisotopic (exact) mass is 378 g/mol. The molecule has 5 heteroatoms. The van der Waals surface area contributed by atoms with Gasteiger partial charge in [-0.2, -0.15) is 9.89 Å². The van der Waals surface area contributed by atoms with Crippen molar-refractivity contribution in [2.24, 2.45) is 0 Å². The molecule has 0 atom stereocenters. The zero-order valence-electron chi connectivity index (χ0n) is 15.6. The van der Waals surface area contributed by atoms with Gasteiger partial charge in [0.05, 0.1) is 11.9 Å². The number of nitrogen functional groups attached to an aromatic ring is 1. The van der Waals surface area contributed by atoms with E-state index in [0.717, 1.165) is 44.8 Å². The number of hydrogen-bond acceptors (Lipinski definition) is 4. The lowest BCUT2D eigenvalue weighted by molar-refractivity contribution is 0.483. The molecule has 0 fully saturated rings. The summed E-state index contributed by atoms with van der Waals surface area (Å²) in [6, 6.07) is 27.6. The molecule has 5 nitrogen and oxygen atoms in total. The zero-order chi connectivity index (χ0) is 19.6. The van der Waals surface area contributed by atoms with Crippen molar-refractivity contribution in [2.45, 2.75) is 0 Å². The largest absolute Gasteiger partial charge is 0.457 e. The summed E-state index contributed by atoms with van der Waals surface area (Å²) in [4.78, 5) is 6.14. The van der Waals surface area contributed by atoms with E-state index in [9.17, 15) is 0 Å². The Kier molecular flexibility index (Phi) is 4.18. The number of benzene rings is 3. The maximum absolute atomic E-state index is 6.13. The average molecular weight is 378 g/mol. The van der Waals surface area contributed by atoms with E-state index in [1.165, 1.54) is 4.79 Å². The highest BCUT2D eigenvalue weighted by atomic mass is 16.5. The molecule has 0 spiro atoms. The molecular formula is C24H18N4O. The van der Waals surface area contributed by atoms with Gasteiger partial charge in [0, 0.05) is 22.7 Å². The molecule has 0 bridgehead atoms. The first kappa shape index (κ1) is 17.0. The van der Waals surface area contributed by atoms with Gasteiger partial charge in [-0.25, -0.2) is 0 Å². The van der Waals surface area contributed by atoms with Crippen LogP contribution >= 0.6 is 0 Å². The zero-order valence-corrected chi connectivity index (χ0v) is 15.6. The van der Waals surface area contributed by atoms with Gasteiger partial charge in [0.1, 0.15) is 17.0 Å². The van der Waals surface area contributed by atoms with E-state index >= 15 is 0 Å². The van der Waals surface area contributed by atoms with Crippen molar-refractivity contribution < 1.29 is 4.74 Å². The predicted molar refractivity (Wildman–Crippen MR) is 115 cm³/mol. The molecule has 5 aromatic rings. The van der Waals surface area contributed by atoms with Crippen molar-refractivity contribution in [3.63, 3.8) is 0 Å². The van der Waals surface area contributed by atoms with Crippen LogP contribution in [0.3, 0.4) is 0 Å². The molecule has 3 aromatic carbocycles. The van der Waals surface area contributed by atoms with E-state index in [-0.39, 0.29) is 0 Å². The Morgan fingerprint density at radius 2 is 1.34 bits per heavy atom. The second-order valence-electron chi connectivity index (χ2n) is 6.68. The lowest BCUT2D eigenvalue weighted by Gasteiger charge is -2.10. The van der Waals surface area contributed by atoms with Crippen LogP contribution < -0.4 is 10.6 Å². The molecule has 0 aliphatic heterocycles. The van der Waals surface area contributed by atoms with Crippen molar-refractivity contribution in [1.82, 2.24) is 14.9 Å². The van der Waals surface area contributed by atoms with Crippen LogP contribution in [0.25, 0.3) is 33.3 Å². The quantitative estimate of drug-likeness (QED) is 0.433. The van der Waals surface area contributed by atoms with Gasteiger partial charge in [-0.15, -0.1) is 0 Å². The van der Waals surface area contributed by atoms with Gasteiger partial charge in [-0.1, -0.05) is 48.5 Å². The predicted octanol–water partition coefficient (Wildman–Crippen LogP) is 5.27. The molecule has 0 aliphatic rings. The van der Waals surface area contributed by atoms with Gasteiger partial charge >= 0.3 is 0 Å². The summed E-state index contributed by atoms with van der Waals surface area (Å²) in [6.07, 6.45) is 3.62. The highest BCUT2D eigenvalue weighted by Crippen LogP contribution is 2.34. The van der Waals surface area contributed by atoms with Crippen LogP contribution in [0.2, 0.25) is 0 Å². The van der Waals surface area contributed by atoms with Crippen LogP contribution in [0.1, 0.15) is 0 Å². The SMILES string of the molecule is Nn1ncc2c(-c3ccc(Oc4ccccc4)cc3)ncc(-c3ccccc3)c21. The maximum atomic E-state index is 6.13. The summed E-state index contributed by atoms with van der Waals surface area (Å²) >= 11 is 0. The van der Waals surface area contributed by atoms with Gasteiger partial charge in [0.2, 0.25) is 0 Å². The highest BCUT2D eigenvalue weighted by Gasteiger charge is 2.15. The first-order valence-electron chi connectivity index (χ1n) is 9.30. The summed E-state index contributed by atoms with van der Waals surface area (Å²) in [6.45, 7) is 0. The molecule has 2 N–H and O–H groups in total. The molecule has 140 valence electrons. The fourth-order valence-corrected chi connectivity index (χ4v) is 3.43. The van der Waals surface area contributed by atoms with E-state index in [2.05, 4.69) is 5.10 Å². The van der Waals surface area contributed by atoms with Crippen molar-refractivity contribution in [3.05, 3.63) is 97.3 Å². The first-order valence-corrected chi connectivity index (χ1v) is 9.30. The number of nitrogens with zero attached hydrogens (tertiary/aromatic N) is 3. The standard InChI is InChI=1S/C24H18N4O/c25-28-24-21(17-7-3-1-4-8-17)15-26-23(22(24)16-27-28)18-11-13-20(14-12-18)29-19-9-5-2-6-10-19/h1-16H,25H2. The number of hydrogen-bond donors (Lipinski definition) is 1. The number of ether oxygens (including phenoxy) is 1. The Morgan fingerprint density at radius 3 is 2.07 bits per heavy atom. The van der Waals surface area contributed by atoms with Crippen molar-refractivity contribution in [3.8, 4) is 33.9 Å². The number of aromatic nitrogens is 3. The molecule has 0 saturated carbocycles. The second kappa shape index (κ2) is 7.13. The Bertz CT molecular complexity index is 1260. The van der Waals surface area contributed by atoms with E-state index in [0.29, 0.717) is 0 Å². The fourth-order valence-electron chi connectivity index (χ4n) is 3.43. The van der Waals surface area contributed by atoms with Crippen molar-refractivity contribution in [2.75, 3.05) is 5.84 Å². The molecule has 0 saturated heterocycles. The van der Waals surface area contributed by atoms with Gasteiger partial charge in [0.25, 0.3) is 0 Å². The molecule has 0 amide bonds. The molecular weight excluding hydrogens is 360 g/mol. The molecule has 0 unspecified atom stereocenters. The fraction of sp³-hybridized carbons (Fsp3) is 0. The van der Waals surface area contributed by atoms with Crippen LogP contribution in [0.4, 0.5) is 0 Å². The third kappa shape index (κ3) is 3.19. The van der Waals surface area contributed by atoms with Crippen LogP contribution in [-0.2, 0) is 0 Å². The molecule has 0 radical (unpaired) electrons. The van der Waals surface area contributed by atoms with E-state index in [1.54, 1.807) is 6.20 Å². The van der Waals surface area contributed by atoms with Crippen LogP contribution in [-0.4, -0.2) is 14.9 Å². The number of pyridine rings is 1. The summed E-state index contributed by atoms with van der Waals surface area (Å²) in [5, 5.41) is 5.18. The summed E-state index contributed by atoms with van der Waals surface area (Å²) in [5.74, 6) is 7.70. The third-order valence-electron chi connectivity index (χ3n) is 4.82. The Balaban J connectivity index is 1.54. The molecule has 0 aliphatic carbocycles. The molecule has 2 heterocycles. The normalized spacial score (nSPS) is 10.9. The summed E-state index contributed by atoms with van der Waals surface area (Å²) in [5.41, 5.74) is 4.67. The Morgan fingerprint density at radius 1 is 0.690 bits per heavy atom. The lowest BCUT2D eigenvalue weighted by Crippen LogP contribution is -2.10. The first-order chi connectivity index (χ1) is 14.3. The topological polar surface area (TPSA) is 66.0 Å². The number of rotatable bonds is 4. The molecule has 5 rings (SSSR count). The van der Waals surface area contributed by atoms with Crippen LogP contribution in [0.5, 0.6) is 11.5 Å². The summed E-state index contributed by atoms with van der Waals surface area (Å²) < 4.78 is 5.88. The highest BCUT2D eigenvalue weighted by molar-refractivity contribution is 6.00. The minimum absolute atomic E-state index is 0.770. The Labute approximate surface area is 168 Å². The van der Waals surface area contributed by atoms with Gasteiger partial charge in [-0.05, 0) is 42.0 Å². The van der Waals surface area contributed by atoms with Gasteiger partial charge in [-0.3, -0.25) is 4.98 Å². The number of fused-ring (bicyclic) bond motifs is 1. The summed E-state index contributed by atoms with van der Waals surface area (Å²) in [7, 11) is 0. The van der Waals surface area contributed by atoms with E-state index in [4.69, 9.17) is 15.6 Å². The molecule has 2 aromatic heterocycles. The Hall–Kier alpha value is -4.12. The maximum Gasteiger partial charge on any atom is 0.127 e.